The van der Waals surface area contributed by atoms with Gasteiger partial charge < -0.3 is 16.8 Å². The molecule has 1 fully saturated rings. The molecule has 0 spiro atoms. The molecule has 5 N–H and O–H groups in total. The Morgan fingerprint density at radius 3 is 2.15 bits per heavy atom. The summed E-state index contributed by atoms with van der Waals surface area (Å²) in [4.78, 5) is 15.9. The van der Waals surface area contributed by atoms with Gasteiger partial charge in [-0.1, -0.05) is 65.4 Å². The lowest BCUT2D eigenvalue weighted by molar-refractivity contribution is 0.0995. The Balaban J connectivity index is 0.000000369. The van der Waals surface area contributed by atoms with E-state index in [4.69, 9.17) is 11.5 Å². The van der Waals surface area contributed by atoms with E-state index in [1.807, 2.05) is 12.1 Å². The molecule has 7 heteroatoms. The van der Waals surface area contributed by atoms with Crippen LogP contribution in [0.3, 0.4) is 0 Å². The number of pyridine rings is 1. The number of amides is 1. The first-order valence-corrected chi connectivity index (χ1v) is 9.45. The number of rotatable bonds is 3. The number of nitrogens with zero attached hydrogens (tertiary/aromatic N) is 3. The van der Waals surface area contributed by atoms with Crippen LogP contribution in [0.25, 0.3) is 0 Å². The molecule has 2 aromatic heterocycles. The minimum atomic E-state index is -0.683. The minimum absolute atomic E-state index is 0.0205. The van der Waals surface area contributed by atoms with E-state index in [1.165, 1.54) is 44.6 Å². The fraction of sp³-hybridized carbons (Fsp3) is 0.500. The number of carbonyl (C=O) groups excluding carboxylic acids is 1. The largest absolute Gasteiger partial charge is 0.382 e. The van der Waals surface area contributed by atoms with E-state index in [2.05, 4.69) is 41.3 Å². The fourth-order valence-corrected chi connectivity index (χ4v) is 2.80. The van der Waals surface area contributed by atoms with Crippen LogP contribution in [0.2, 0.25) is 0 Å². The monoisotopic (exact) mass is 370 g/mol. The van der Waals surface area contributed by atoms with Crippen molar-refractivity contribution in [1.82, 2.24) is 15.2 Å². The maximum Gasteiger partial charge on any atom is 0.271 e. The van der Waals surface area contributed by atoms with Gasteiger partial charge in [0, 0.05) is 17.2 Å². The van der Waals surface area contributed by atoms with Gasteiger partial charge in [0.1, 0.15) is 11.6 Å². The summed E-state index contributed by atoms with van der Waals surface area (Å²) in [5.74, 6) is 0.0868. The van der Waals surface area contributed by atoms with E-state index in [1.54, 1.807) is 6.07 Å². The van der Waals surface area contributed by atoms with E-state index in [-0.39, 0.29) is 16.9 Å². The number of nitrogens with two attached hydrogens (primary N) is 2. The third-order valence-electron chi connectivity index (χ3n) is 4.33. The van der Waals surface area contributed by atoms with Crippen LogP contribution in [0, 0.1) is 0 Å². The van der Waals surface area contributed by atoms with Crippen LogP contribution >= 0.6 is 0 Å². The number of anilines is 3. The first kappa shape index (κ1) is 20.6. The average Bonchev–Trinajstić information content (AvgIpc) is 2.63. The summed E-state index contributed by atoms with van der Waals surface area (Å²) in [7, 11) is 0. The van der Waals surface area contributed by atoms with Gasteiger partial charge in [-0.25, -0.2) is 4.98 Å². The molecule has 2 aromatic rings. The van der Waals surface area contributed by atoms with Gasteiger partial charge in [-0.3, -0.25) is 4.79 Å². The maximum atomic E-state index is 11.4. The van der Waals surface area contributed by atoms with Gasteiger partial charge in [0.05, 0.1) is 5.69 Å². The Morgan fingerprint density at radius 2 is 1.63 bits per heavy atom. The number of carbonyl (C=O) groups is 1. The van der Waals surface area contributed by atoms with Gasteiger partial charge in [-0.2, -0.15) is 0 Å². The predicted molar refractivity (Wildman–Crippen MR) is 109 cm³/mol. The zero-order valence-corrected chi connectivity index (χ0v) is 16.5. The summed E-state index contributed by atoms with van der Waals surface area (Å²) in [5, 5.41) is 10.3. The molecular formula is C20H30N6O. The Kier molecular flexibility index (Phi) is 7.10. The zero-order chi connectivity index (χ0) is 19.9. The summed E-state index contributed by atoms with van der Waals surface area (Å²) in [6, 6.07) is 7.12. The molecule has 0 atom stereocenters. The van der Waals surface area contributed by atoms with Gasteiger partial charge in [0.25, 0.3) is 5.91 Å². The first-order valence-electron chi connectivity index (χ1n) is 9.45. The molecule has 0 radical (unpaired) electrons. The number of nitrogens with one attached hydrogen (secondary N) is 1. The van der Waals surface area contributed by atoms with E-state index < -0.39 is 5.91 Å². The highest BCUT2D eigenvalue weighted by atomic mass is 16.1. The molecule has 0 unspecified atom stereocenters. The highest BCUT2D eigenvalue weighted by Crippen LogP contribution is 2.24. The van der Waals surface area contributed by atoms with Crippen molar-refractivity contribution >= 4 is 23.2 Å². The van der Waals surface area contributed by atoms with Crippen molar-refractivity contribution in [3.8, 4) is 0 Å². The van der Waals surface area contributed by atoms with Crippen LogP contribution in [-0.4, -0.2) is 21.1 Å². The molecule has 3 rings (SSSR count). The summed E-state index contributed by atoms with van der Waals surface area (Å²) >= 11 is 0. The van der Waals surface area contributed by atoms with Gasteiger partial charge in [0.15, 0.2) is 5.69 Å². The fourth-order valence-electron chi connectivity index (χ4n) is 2.80. The number of hydrogen-bond donors (Lipinski definition) is 3. The van der Waals surface area contributed by atoms with Crippen molar-refractivity contribution in [2.75, 3.05) is 11.1 Å². The summed E-state index contributed by atoms with van der Waals surface area (Å²) in [5.41, 5.74) is 12.1. The van der Waals surface area contributed by atoms with Crippen LogP contribution in [0.4, 0.5) is 17.3 Å². The minimum Gasteiger partial charge on any atom is -0.382 e. The van der Waals surface area contributed by atoms with Gasteiger partial charge in [-0.15, -0.1) is 10.2 Å². The van der Waals surface area contributed by atoms with Crippen LogP contribution in [-0.2, 0) is 5.41 Å². The molecule has 1 amide bonds. The molecule has 7 nitrogen and oxygen atoms in total. The summed E-state index contributed by atoms with van der Waals surface area (Å²) < 4.78 is 0. The molecule has 27 heavy (non-hydrogen) atoms. The molecule has 0 bridgehead atoms. The van der Waals surface area contributed by atoms with Crippen LogP contribution in [0.15, 0.2) is 24.3 Å². The number of hydrogen-bond acceptors (Lipinski definition) is 6. The molecule has 0 aromatic carbocycles. The standard InChI is InChI=1S/C14H18N6O.C6H12/c1-14(2,3)9-5-4-6-11(18-9)17-8-7-10(15)19-20-12(8)13(16)21;1-2-4-6-5-3-1/h4-7H,1-3H3,(H2,16,21)(H3,15,17,18,19);1-6H2. The van der Waals surface area contributed by atoms with Crippen LogP contribution in [0.1, 0.15) is 75.5 Å². The lowest BCUT2D eigenvalue weighted by Crippen LogP contribution is -2.18. The van der Waals surface area contributed by atoms with Crippen molar-refractivity contribution in [3.63, 3.8) is 0 Å². The molecule has 1 aliphatic rings. The Labute approximate surface area is 161 Å². The van der Waals surface area contributed by atoms with E-state index in [0.29, 0.717) is 11.5 Å². The van der Waals surface area contributed by atoms with Gasteiger partial charge in [-0.05, 0) is 12.1 Å². The maximum absolute atomic E-state index is 11.4. The Hall–Kier alpha value is -2.70. The molecule has 1 aliphatic carbocycles. The normalized spacial score (nSPS) is 14.0. The van der Waals surface area contributed by atoms with Crippen molar-refractivity contribution in [3.05, 3.63) is 35.7 Å². The zero-order valence-electron chi connectivity index (χ0n) is 16.5. The second-order valence-electron chi connectivity index (χ2n) is 7.80. The second kappa shape index (κ2) is 9.30. The summed E-state index contributed by atoms with van der Waals surface area (Å²) in [6.07, 6.45) is 9.00. The van der Waals surface area contributed by atoms with E-state index in [9.17, 15) is 4.79 Å². The molecular weight excluding hydrogens is 340 g/mol. The Morgan fingerprint density at radius 1 is 1.04 bits per heavy atom. The Bertz CT molecular complexity index is 754. The molecule has 0 aliphatic heterocycles. The first-order chi connectivity index (χ1) is 12.8. The van der Waals surface area contributed by atoms with Gasteiger partial charge in [0.2, 0.25) is 0 Å². The number of primary amides is 1. The van der Waals surface area contributed by atoms with E-state index in [0.717, 1.165) is 5.69 Å². The summed E-state index contributed by atoms with van der Waals surface area (Å²) in [6.45, 7) is 6.21. The number of nitrogen functional groups attached to an aromatic ring is 1. The van der Waals surface area contributed by atoms with Gasteiger partial charge >= 0.3 is 0 Å². The van der Waals surface area contributed by atoms with Crippen molar-refractivity contribution in [1.29, 1.82) is 0 Å². The second-order valence-corrected chi connectivity index (χ2v) is 7.80. The highest BCUT2D eigenvalue weighted by molar-refractivity contribution is 5.97. The highest BCUT2D eigenvalue weighted by Gasteiger charge is 2.17. The van der Waals surface area contributed by atoms with Crippen molar-refractivity contribution < 1.29 is 4.79 Å². The van der Waals surface area contributed by atoms with Crippen molar-refractivity contribution in [2.24, 2.45) is 5.73 Å². The molecule has 0 saturated heterocycles. The van der Waals surface area contributed by atoms with Crippen LogP contribution in [0.5, 0.6) is 0 Å². The van der Waals surface area contributed by atoms with Crippen LogP contribution < -0.4 is 16.8 Å². The molecule has 1 saturated carbocycles. The third-order valence-corrected chi connectivity index (χ3v) is 4.33. The number of aromatic nitrogens is 3. The smallest absolute Gasteiger partial charge is 0.271 e. The lowest BCUT2D eigenvalue weighted by atomic mass is 9.92. The van der Waals surface area contributed by atoms with Crippen molar-refractivity contribution in [2.45, 2.75) is 64.7 Å². The molecule has 146 valence electrons. The molecule has 2 heterocycles. The topological polar surface area (TPSA) is 120 Å². The quantitative estimate of drug-likeness (QED) is 0.753. The predicted octanol–water partition coefficient (Wildman–Crippen LogP) is 3.93. The van der Waals surface area contributed by atoms with E-state index >= 15 is 0 Å². The SMILES string of the molecule is C1CCCCC1.CC(C)(C)c1cccc(Nc2cc(N)nnc2C(N)=O)n1. The lowest BCUT2D eigenvalue weighted by Gasteiger charge is -2.18. The third kappa shape index (κ3) is 6.51. The average molecular weight is 371 g/mol.